The summed E-state index contributed by atoms with van der Waals surface area (Å²) in [6, 6.07) is 14.7. The van der Waals surface area contributed by atoms with E-state index in [0.29, 0.717) is 22.5 Å². The van der Waals surface area contributed by atoms with Crippen molar-refractivity contribution in [1.29, 1.82) is 0 Å². The van der Waals surface area contributed by atoms with Crippen molar-refractivity contribution in [2.75, 3.05) is 11.4 Å². The van der Waals surface area contributed by atoms with Gasteiger partial charge in [-0.1, -0.05) is 60.9 Å². The third-order valence-corrected chi connectivity index (χ3v) is 7.65. The van der Waals surface area contributed by atoms with Crippen LogP contribution in [-0.2, 0) is 4.79 Å². The first-order valence-corrected chi connectivity index (χ1v) is 12.4. The molecule has 1 fully saturated rings. The molecular formula is C26H29ClN2O2S. The second kappa shape index (κ2) is 9.79. The minimum Gasteiger partial charge on any atom is -0.480 e. The number of carboxylic acids is 1. The number of carbonyl (C=O) groups is 1. The standard InChI is InChI=1S/C26H29ClN2O2S/c1-26(2,25(30)31)14-13-19-15-24-23(16-21(19)27)29(20-11-7-4-8-12-20)17-22(28-32-24)18-9-5-3-6-10-18/h4,7-8,11-12,15-16,18,22,28H,3,5-6,9-10,17H2,1-2H3,(H,30,31)/t22-/m0/s1. The van der Waals surface area contributed by atoms with Gasteiger partial charge in [-0.3, -0.25) is 9.52 Å². The summed E-state index contributed by atoms with van der Waals surface area (Å²) in [5.41, 5.74) is 1.71. The molecule has 2 N–H and O–H groups in total. The van der Waals surface area contributed by atoms with E-state index in [2.05, 4.69) is 45.7 Å². The van der Waals surface area contributed by atoms with Gasteiger partial charge in [0.1, 0.15) is 5.41 Å². The van der Waals surface area contributed by atoms with Crippen molar-refractivity contribution in [3.8, 4) is 11.8 Å². The molecule has 0 bridgehead atoms. The topological polar surface area (TPSA) is 52.6 Å². The van der Waals surface area contributed by atoms with E-state index in [1.807, 2.05) is 18.2 Å². The molecule has 4 rings (SSSR count). The minimum absolute atomic E-state index is 0.368. The van der Waals surface area contributed by atoms with E-state index >= 15 is 0 Å². The third-order valence-electron chi connectivity index (χ3n) is 6.37. The lowest BCUT2D eigenvalue weighted by Gasteiger charge is -2.33. The molecule has 6 heteroatoms. The highest BCUT2D eigenvalue weighted by molar-refractivity contribution is 7.97. The number of hydrogen-bond donors (Lipinski definition) is 2. The van der Waals surface area contributed by atoms with Gasteiger partial charge in [0.15, 0.2) is 0 Å². The number of nitrogens with one attached hydrogen (secondary N) is 1. The Morgan fingerprint density at radius 3 is 2.59 bits per heavy atom. The molecule has 1 aliphatic carbocycles. The molecule has 2 aliphatic rings. The van der Waals surface area contributed by atoms with Crippen LogP contribution in [0.4, 0.5) is 11.4 Å². The van der Waals surface area contributed by atoms with Crippen LogP contribution in [0.25, 0.3) is 0 Å². The fourth-order valence-corrected chi connectivity index (χ4v) is 5.52. The number of benzene rings is 2. The lowest BCUT2D eigenvalue weighted by molar-refractivity contribution is -0.143. The molecule has 1 heterocycles. The molecule has 0 saturated heterocycles. The lowest BCUT2D eigenvalue weighted by atomic mass is 9.84. The SMILES string of the molecule is CC(C)(C#Cc1cc2c(cc1Cl)N(c1ccccc1)C[C@@H](C1CCCCC1)NS2)C(=O)O. The van der Waals surface area contributed by atoms with Crippen LogP contribution in [0.1, 0.15) is 51.5 Å². The summed E-state index contributed by atoms with van der Waals surface area (Å²) in [4.78, 5) is 14.8. The summed E-state index contributed by atoms with van der Waals surface area (Å²) in [7, 11) is 0. The zero-order valence-electron chi connectivity index (χ0n) is 18.5. The molecule has 168 valence electrons. The first-order valence-electron chi connectivity index (χ1n) is 11.2. The Hall–Kier alpha value is -2.13. The van der Waals surface area contributed by atoms with Crippen LogP contribution in [0.2, 0.25) is 5.02 Å². The number of rotatable bonds is 3. The Morgan fingerprint density at radius 1 is 1.19 bits per heavy atom. The predicted octanol–water partition coefficient (Wildman–Crippen LogP) is 6.50. The molecule has 0 radical (unpaired) electrons. The van der Waals surface area contributed by atoms with Crippen LogP contribution in [0, 0.1) is 23.2 Å². The van der Waals surface area contributed by atoms with Crippen LogP contribution < -0.4 is 9.62 Å². The van der Waals surface area contributed by atoms with E-state index < -0.39 is 11.4 Å². The summed E-state index contributed by atoms with van der Waals surface area (Å²) >= 11 is 8.29. The summed E-state index contributed by atoms with van der Waals surface area (Å²) < 4.78 is 3.73. The average Bonchev–Trinajstić information content (AvgIpc) is 2.98. The van der Waals surface area contributed by atoms with E-state index in [4.69, 9.17) is 11.6 Å². The van der Waals surface area contributed by atoms with Gasteiger partial charge in [0, 0.05) is 28.7 Å². The summed E-state index contributed by atoms with van der Waals surface area (Å²) in [5.74, 6) is 5.58. The Morgan fingerprint density at radius 2 is 1.91 bits per heavy atom. The number of nitrogens with zero attached hydrogens (tertiary/aromatic N) is 1. The Kier molecular flexibility index (Phi) is 7.05. The summed E-state index contributed by atoms with van der Waals surface area (Å²) in [6.07, 6.45) is 6.47. The van der Waals surface area contributed by atoms with Crippen LogP contribution in [-0.4, -0.2) is 23.7 Å². The van der Waals surface area contributed by atoms with Crippen LogP contribution >= 0.6 is 23.5 Å². The highest BCUT2D eigenvalue weighted by atomic mass is 35.5. The molecule has 0 amide bonds. The van der Waals surface area contributed by atoms with E-state index in [0.717, 1.165) is 22.8 Å². The van der Waals surface area contributed by atoms with E-state index in [1.165, 1.54) is 32.1 Å². The third kappa shape index (κ3) is 5.09. The van der Waals surface area contributed by atoms with Crippen molar-refractivity contribution in [1.82, 2.24) is 4.72 Å². The van der Waals surface area contributed by atoms with Crippen molar-refractivity contribution in [3.63, 3.8) is 0 Å². The fourth-order valence-electron chi connectivity index (χ4n) is 4.31. The number of halogens is 1. The van der Waals surface area contributed by atoms with Gasteiger partial charge in [-0.25, -0.2) is 0 Å². The maximum Gasteiger partial charge on any atom is 0.321 e. The van der Waals surface area contributed by atoms with E-state index in [-0.39, 0.29) is 0 Å². The fraction of sp³-hybridized carbons (Fsp3) is 0.423. The monoisotopic (exact) mass is 468 g/mol. The molecule has 0 aromatic heterocycles. The Labute approximate surface area is 199 Å². The number of hydrogen-bond acceptors (Lipinski definition) is 4. The van der Waals surface area contributed by atoms with Crippen molar-refractivity contribution >= 4 is 40.9 Å². The number of para-hydroxylation sites is 1. The highest BCUT2D eigenvalue weighted by Gasteiger charge is 2.30. The first kappa shape index (κ1) is 23.0. The van der Waals surface area contributed by atoms with Gasteiger partial charge in [0.2, 0.25) is 0 Å². The number of carboxylic acid groups (broad SMARTS) is 1. The van der Waals surface area contributed by atoms with Gasteiger partial charge >= 0.3 is 5.97 Å². The summed E-state index contributed by atoms with van der Waals surface area (Å²) in [6.45, 7) is 4.08. The molecule has 4 nitrogen and oxygen atoms in total. The van der Waals surface area contributed by atoms with Crippen molar-refractivity contribution in [2.45, 2.75) is 56.9 Å². The largest absolute Gasteiger partial charge is 0.480 e. The maximum atomic E-state index is 11.4. The minimum atomic E-state index is -1.14. The van der Waals surface area contributed by atoms with Gasteiger partial charge in [-0.2, -0.15) is 0 Å². The number of fused-ring (bicyclic) bond motifs is 1. The zero-order valence-corrected chi connectivity index (χ0v) is 20.1. The quantitative estimate of drug-likeness (QED) is 0.397. The average molecular weight is 469 g/mol. The lowest BCUT2D eigenvalue weighted by Crippen LogP contribution is -2.41. The Balaban J connectivity index is 1.72. The second-order valence-electron chi connectivity index (χ2n) is 9.15. The van der Waals surface area contributed by atoms with Crippen molar-refractivity contribution in [3.05, 3.63) is 53.1 Å². The van der Waals surface area contributed by atoms with Gasteiger partial charge < -0.3 is 10.0 Å². The molecule has 2 aromatic carbocycles. The van der Waals surface area contributed by atoms with Crippen LogP contribution in [0.5, 0.6) is 0 Å². The highest BCUT2D eigenvalue weighted by Crippen LogP contribution is 2.41. The van der Waals surface area contributed by atoms with Gasteiger partial charge in [-0.15, -0.1) is 0 Å². The molecule has 1 atom stereocenters. The van der Waals surface area contributed by atoms with Crippen LogP contribution in [0.15, 0.2) is 47.4 Å². The first-order chi connectivity index (χ1) is 15.3. The number of anilines is 2. The van der Waals surface area contributed by atoms with Gasteiger partial charge in [0.25, 0.3) is 0 Å². The zero-order chi connectivity index (χ0) is 22.7. The van der Waals surface area contributed by atoms with Gasteiger partial charge in [-0.05, 0) is 68.8 Å². The molecule has 0 spiro atoms. The predicted molar refractivity (Wildman–Crippen MR) is 133 cm³/mol. The molecule has 0 unspecified atom stereocenters. The van der Waals surface area contributed by atoms with E-state index in [1.54, 1.807) is 25.8 Å². The smallest absolute Gasteiger partial charge is 0.321 e. The van der Waals surface area contributed by atoms with Gasteiger partial charge in [0.05, 0.1) is 10.7 Å². The molecule has 1 aliphatic heterocycles. The van der Waals surface area contributed by atoms with Crippen LogP contribution in [0.3, 0.4) is 0 Å². The van der Waals surface area contributed by atoms with Crippen molar-refractivity contribution in [2.24, 2.45) is 11.3 Å². The normalized spacial score (nSPS) is 19.5. The maximum absolute atomic E-state index is 11.4. The molecule has 2 aromatic rings. The molecule has 32 heavy (non-hydrogen) atoms. The molecular weight excluding hydrogens is 440 g/mol. The van der Waals surface area contributed by atoms with Crippen molar-refractivity contribution < 1.29 is 9.90 Å². The molecule has 1 saturated carbocycles. The summed E-state index contributed by atoms with van der Waals surface area (Å²) in [5, 5.41) is 9.91. The Bertz CT molecular complexity index is 1040. The second-order valence-corrected chi connectivity index (χ2v) is 10.4. The van der Waals surface area contributed by atoms with E-state index in [9.17, 15) is 9.90 Å². The number of aliphatic carboxylic acids is 1.